The number of aromatic nitrogens is 1. The second-order valence-corrected chi connectivity index (χ2v) is 3.79. The maximum absolute atomic E-state index is 8.68. The molecule has 0 aliphatic rings. The molecule has 0 saturated carbocycles. The molecule has 2 aromatic rings. The topological polar surface area (TPSA) is 75.8 Å². The van der Waals surface area contributed by atoms with Crippen LogP contribution in [0.15, 0.2) is 22.6 Å². The first-order valence-electron chi connectivity index (χ1n) is 4.23. The van der Waals surface area contributed by atoms with Gasteiger partial charge in [-0.2, -0.15) is 10.2 Å². The smallest absolute Gasteiger partial charge is 0.230 e. The third-order valence-electron chi connectivity index (χ3n) is 1.93. The van der Waals surface area contributed by atoms with Crippen LogP contribution in [0.25, 0.3) is 11.5 Å². The summed E-state index contributed by atoms with van der Waals surface area (Å²) in [5.41, 5.74) is 6.12. The predicted octanol–water partition coefficient (Wildman–Crippen LogP) is 3.10. The molecule has 4 nitrogen and oxygen atoms in total. The highest BCUT2D eigenvalue weighted by Crippen LogP contribution is 2.29. The fraction of sp³-hybridized carbons (Fsp3) is 0. The van der Waals surface area contributed by atoms with Crippen LogP contribution in [0.3, 0.4) is 0 Å². The van der Waals surface area contributed by atoms with E-state index >= 15 is 0 Å². The zero-order valence-corrected chi connectivity index (χ0v) is 9.38. The minimum absolute atomic E-state index is 0.0106. The standard InChI is InChI=1S/C10H5Cl2N3O/c11-6-2-1-5(3-7(6)12)10-15-8(4-13)9(14)16-10/h1-3H,14H2. The Balaban J connectivity index is 2.51. The number of benzene rings is 1. The normalized spacial score (nSPS) is 10.1. The number of nitrogens with zero attached hydrogens (tertiary/aromatic N) is 2. The van der Waals surface area contributed by atoms with E-state index in [9.17, 15) is 0 Å². The maximum Gasteiger partial charge on any atom is 0.230 e. The summed E-state index contributed by atoms with van der Waals surface area (Å²) in [6.07, 6.45) is 0. The molecule has 0 amide bonds. The van der Waals surface area contributed by atoms with Gasteiger partial charge in [-0.25, -0.2) is 0 Å². The van der Waals surface area contributed by atoms with Crippen molar-refractivity contribution >= 4 is 29.1 Å². The molecule has 1 aromatic heterocycles. The molecule has 1 aromatic carbocycles. The van der Waals surface area contributed by atoms with Crippen molar-refractivity contribution in [3.8, 4) is 17.5 Å². The van der Waals surface area contributed by atoms with Crippen molar-refractivity contribution in [2.75, 3.05) is 5.73 Å². The third-order valence-corrected chi connectivity index (χ3v) is 2.66. The number of hydrogen-bond acceptors (Lipinski definition) is 4. The van der Waals surface area contributed by atoms with E-state index in [2.05, 4.69) is 4.98 Å². The Morgan fingerprint density at radius 2 is 2.06 bits per heavy atom. The van der Waals surface area contributed by atoms with Gasteiger partial charge in [0.25, 0.3) is 0 Å². The van der Waals surface area contributed by atoms with E-state index in [1.54, 1.807) is 18.2 Å². The quantitative estimate of drug-likeness (QED) is 0.848. The van der Waals surface area contributed by atoms with Crippen LogP contribution in [0, 0.1) is 11.3 Å². The third kappa shape index (κ3) is 1.83. The Morgan fingerprint density at radius 1 is 1.31 bits per heavy atom. The SMILES string of the molecule is N#Cc1nc(-c2ccc(Cl)c(Cl)c2)oc1N. The number of nitrogens with two attached hydrogens (primary N) is 1. The van der Waals surface area contributed by atoms with Crippen LogP contribution in [0.5, 0.6) is 0 Å². The van der Waals surface area contributed by atoms with E-state index in [1.807, 2.05) is 6.07 Å². The van der Waals surface area contributed by atoms with Crippen LogP contribution in [0.2, 0.25) is 10.0 Å². The fourth-order valence-electron chi connectivity index (χ4n) is 1.16. The molecule has 1 heterocycles. The largest absolute Gasteiger partial charge is 0.419 e. The van der Waals surface area contributed by atoms with Gasteiger partial charge < -0.3 is 10.2 Å². The van der Waals surface area contributed by atoms with Gasteiger partial charge in [0.2, 0.25) is 17.5 Å². The van der Waals surface area contributed by atoms with Crippen molar-refractivity contribution in [3.05, 3.63) is 33.9 Å². The van der Waals surface area contributed by atoms with Crippen molar-refractivity contribution in [1.82, 2.24) is 4.98 Å². The zero-order chi connectivity index (χ0) is 11.7. The highest BCUT2D eigenvalue weighted by molar-refractivity contribution is 6.42. The molecule has 16 heavy (non-hydrogen) atoms. The predicted molar refractivity (Wildman–Crippen MR) is 61.1 cm³/mol. The van der Waals surface area contributed by atoms with Crippen molar-refractivity contribution in [1.29, 1.82) is 5.26 Å². The van der Waals surface area contributed by atoms with Crippen molar-refractivity contribution in [2.24, 2.45) is 0 Å². The van der Waals surface area contributed by atoms with Gasteiger partial charge in [-0.3, -0.25) is 0 Å². The van der Waals surface area contributed by atoms with E-state index in [4.69, 9.17) is 38.6 Å². The van der Waals surface area contributed by atoms with Crippen LogP contribution in [-0.2, 0) is 0 Å². The molecule has 6 heteroatoms. The van der Waals surface area contributed by atoms with Crippen LogP contribution in [-0.4, -0.2) is 4.98 Å². The number of anilines is 1. The van der Waals surface area contributed by atoms with Gasteiger partial charge >= 0.3 is 0 Å². The number of halogens is 2. The molecule has 0 aliphatic heterocycles. The summed E-state index contributed by atoms with van der Waals surface area (Å²) >= 11 is 11.6. The Kier molecular flexibility index (Phi) is 2.73. The zero-order valence-electron chi connectivity index (χ0n) is 7.87. The summed E-state index contributed by atoms with van der Waals surface area (Å²) in [6.45, 7) is 0. The summed E-state index contributed by atoms with van der Waals surface area (Å²) in [4.78, 5) is 3.91. The van der Waals surface area contributed by atoms with Crippen LogP contribution < -0.4 is 5.73 Å². The number of nitriles is 1. The molecule has 80 valence electrons. The van der Waals surface area contributed by atoms with E-state index < -0.39 is 0 Å². The highest BCUT2D eigenvalue weighted by atomic mass is 35.5. The molecule has 0 unspecified atom stereocenters. The van der Waals surface area contributed by atoms with Crippen LogP contribution >= 0.6 is 23.2 Å². The van der Waals surface area contributed by atoms with Crippen LogP contribution in [0.4, 0.5) is 5.88 Å². The van der Waals surface area contributed by atoms with Gasteiger partial charge in [-0.05, 0) is 18.2 Å². The molecule has 0 radical (unpaired) electrons. The lowest BCUT2D eigenvalue weighted by molar-refractivity contribution is 0.593. The maximum atomic E-state index is 8.68. The molecule has 0 fully saturated rings. The molecule has 0 bridgehead atoms. The van der Waals surface area contributed by atoms with Crippen molar-refractivity contribution in [2.45, 2.75) is 0 Å². The molecular weight excluding hydrogens is 249 g/mol. The fourth-order valence-corrected chi connectivity index (χ4v) is 1.46. The van der Waals surface area contributed by atoms with E-state index in [0.29, 0.717) is 15.6 Å². The van der Waals surface area contributed by atoms with Gasteiger partial charge in [0.15, 0.2) is 0 Å². The van der Waals surface area contributed by atoms with Crippen LogP contribution in [0.1, 0.15) is 5.69 Å². The summed E-state index contributed by atoms with van der Waals surface area (Å²) in [5.74, 6) is 0.233. The van der Waals surface area contributed by atoms with Gasteiger partial charge in [-0.1, -0.05) is 23.2 Å². The lowest BCUT2D eigenvalue weighted by Crippen LogP contribution is -1.84. The average molecular weight is 254 g/mol. The minimum Gasteiger partial charge on any atom is -0.419 e. The molecule has 2 N–H and O–H groups in total. The van der Waals surface area contributed by atoms with Gasteiger partial charge in [-0.15, -0.1) is 0 Å². The molecular formula is C10H5Cl2N3O. The van der Waals surface area contributed by atoms with Gasteiger partial charge in [0, 0.05) is 5.56 Å². The summed E-state index contributed by atoms with van der Waals surface area (Å²) < 4.78 is 5.13. The lowest BCUT2D eigenvalue weighted by Gasteiger charge is -1.97. The van der Waals surface area contributed by atoms with E-state index in [0.717, 1.165) is 0 Å². The minimum atomic E-state index is -0.0106. The average Bonchev–Trinajstić information content (AvgIpc) is 2.64. The first-order chi connectivity index (χ1) is 7.61. The Hall–Kier alpha value is -1.70. The highest BCUT2D eigenvalue weighted by Gasteiger charge is 2.12. The van der Waals surface area contributed by atoms with E-state index in [-0.39, 0.29) is 17.5 Å². The molecule has 2 rings (SSSR count). The first kappa shape index (κ1) is 10.8. The van der Waals surface area contributed by atoms with Crippen molar-refractivity contribution in [3.63, 3.8) is 0 Å². The Labute approximate surface area is 101 Å². The number of oxazole rings is 1. The monoisotopic (exact) mass is 253 g/mol. The lowest BCUT2D eigenvalue weighted by atomic mass is 10.2. The molecule has 0 aliphatic carbocycles. The molecule has 0 atom stereocenters. The molecule has 0 saturated heterocycles. The Bertz CT molecular complexity index is 586. The van der Waals surface area contributed by atoms with E-state index in [1.165, 1.54) is 0 Å². The number of hydrogen-bond donors (Lipinski definition) is 1. The second-order valence-electron chi connectivity index (χ2n) is 2.97. The summed E-state index contributed by atoms with van der Waals surface area (Å²) in [7, 11) is 0. The second kappa shape index (κ2) is 4.05. The number of rotatable bonds is 1. The van der Waals surface area contributed by atoms with Gasteiger partial charge in [0.1, 0.15) is 6.07 Å². The summed E-state index contributed by atoms with van der Waals surface area (Å²) in [5, 5.41) is 9.50. The van der Waals surface area contributed by atoms with Crippen molar-refractivity contribution < 1.29 is 4.42 Å². The van der Waals surface area contributed by atoms with Gasteiger partial charge in [0.05, 0.1) is 10.0 Å². The molecule has 0 spiro atoms. The first-order valence-corrected chi connectivity index (χ1v) is 4.99. The number of nitrogen functional groups attached to an aromatic ring is 1. The Morgan fingerprint density at radius 3 is 2.62 bits per heavy atom. The summed E-state index contributed by atoms with van der Waals surface area (Å²) in [6, 6.07) is 6.71.